The predicted octanol–water partition coefficient (Wildman–Crippen LogP) is 2.27. The summed E-state index contributed by atoms with van der Waals surface area (Å²) in [5, 5.41) is 3.22. The Kier molecular flexibility index (Phi) is 5.05. The minimum atomic E-state index is 0.448. The van der Waals surface area contributed by atoms with Crippen LogP contribution in [0, 0.1) is 5.41 Å². The molecule has 0 bridgehead atoms. The Morgan fingerprint density at radius 3 is 2.72 bits per heavy atom. The van der Waals surface area contributed by atoms with E-state index in [1.54, 1.807) is 0 Å². The highest BCUT2D eigenvalue weighted by Gasteiger charge is 2.28. The monoisotopic (exact) mass is 254 g/mol. The van der Waals surface area contributed by atoms with Gasteiger partial charge in [0, 0.05) is 13.1 Å². The summed E-state index contributed by atoms with van der Waals surface area (Å²) in [7, 11) is 2.01. The third kappa shape index (κ3) is 4.22. The number of hydrogen-bond acceptors (Lipinski definition) is 3. The van der Waals surface area contributed by atoms with Gasteiger partial charge in [-0.1, -0.05) is 13.8 Å². The molecule has 1 N–H and O–H groups in total. The van der Waals surface area contributed by atoms with Gasteiger partial charge >= 0.3 is 0 Å². The molecule has 0 aromatic heterocycles. The Morgan fingerprint density at radius 2 is 1.94 bits per heavy atom. The first kappa shape index (κ1) is 14.3. The Bertz CT molecular complexity index is 255. The third-order valence-electron chi connectivity index (χ3n) is 4.52. The molecule has 0 radical (unpaired) electrons. The molecule has 0 aromatic rings. The predicted molar refractivity (Wildman–Crippen MR) is 75.9 cm³/mol. The van der Waals surface area contributed by atoms with Crippen molar-refractivity contribution in [1.29, 1.82) is 0 Å². The molecule has 2 saturated heterocycles. The lowest BCUT2D eigenvalue weighted by Crippen LogP contribution is -2.34. The fourth-order valence-corrected chi connectivity index (χ4v) is 3.24. The smallest absolute Gasteiger partial charge is 0.0707 e. The van der Waals surface area contributed by atoms with E-state index in [0.29, 0.717) is 17.6 Å². The van der Waals surface area contributed by atoms with Crippen molar-refractivity contribution in [3.05, 3.63) is 0 Å². The van der Waals surface area contributed by atoms with E-state index in [2.05, 4.69) is 24.1 Å². The van der Waals surface area contributed by atoms with Gasteiger partial charge in [-0.25, -0.2) is 0 Å². The first-order valence-corrected chi connectivity index (χ1v) is 7.61. The molecular weight excluding hydrogens is 224 g/mol. The van der Waals surface area contributed by atoms with Crippen LogP contribution in [0.2, 0.25) is 0 Å². The highest BCUT2D eigenvalue weighted by Crippen LogP contribution is 2.30. The summed E-state index contributed by atoms with van der Waals surface area (Å²) in [5.41, 5.74) is 0.542. The van der Waals surface area contributed by atoms with Crippen LogP contribution >= 0.6 is 0 Å². The molecule has 3 heteroatoms. The number of ether oxygens (including phenoxy) is 1. The fraction of sp³-hybridized carbons (Fsp3) is 1.00. The summed E-state index contributed by atoms with van der Waals surface area (Å²) in [5.74, 6) is 0. The van der Waals surface area contributed by atoms with Crippen LogP contribution in [0.5, 0.6) is 0 Å². The Morgan fingerprint density at radius 1 is 1.17 bits per heavy atom. The molecule has 2 aliphatic heterocycles. The number of nitrogens with one attached hydrogen (secondary N) is 1. The van der Waals surface area contributed by atoms with Crippen LogP contribution in [0.3, 0.4) is 0 Å². The van der Waals surface area contributed by atoms with Crippen LogP contribution in [0.1, 0.15) is 46.0 Å². The fourth-order valence-electron chi connectivity index (χ4n) is 3.24. The summed E-state index contributed by atoms with van der Waals surface area (Å²) in [4.78, 5) is 2.63. The minimum absolute atomic E-state index is 0.448. The van der Waals surface area contributed by atoms with Crippen molar-refractivity contribution < 1.29 is 4.74 Å². The molecule has 0 saturated carbocycles. The minimum Gasteiger partial charge on any atom is -0.372 e. The van der Waals surface area contributed by atoms with Crippen molar-refractivity contribution in [3.63, 3.8) is 0 Å². The van der Waals surface area contributed by atoms with Crippen molar-refractivity contribution in [2.24, 2.45) is 5.41 Å². The van der Waals surface area contributed by atoms with Gasteiger partial charge in [-0.15, -0.1) is 0 Å². The van der Waals surface area contributed by atoms with Crippen LogP contribution in [0.25, 0.3) is 0 Å². The van der Waals surface area contributed by atoms with Gasteiger partial charge in [-0.3, -0.25) is 0 Å². The molecule has 2 aliphatic rings. The quantitative estimate of drug-likeness (QED) is 0.833. The molecule has 3 nitrogen and oxygen atoms in total. The van der Waals surface area contributed by atoms with Crippen molar-refractivity contribution in [1.82, 2.24) is 10.2 Å². The number of hydrogen-bond donors (Lipinski definition) is 1. The van der Waals surface area contributed by atoms with Crippen molar-refractivity contribution in [2.75, 3.05) is 33.2 Å². The lowest BCUT2D eigenvalue weighted by atomic mass is 9.85. The maximum Gasteiger partial charge on any atom is 0.0707 e. The summed E-state index contributed by atoms with van der Waals surface area (Å²) < 4.78 is 6.09. The van der Waals surface area contributed by atoms with Gasteiger partial charge in [-0.05, 0) is 57.7 Å². The van der Waals surface area contributed by atoms with E-state index in [0.717, 1.165) is 13.1 Å². The second-order valence-electron chi connectivity index (χ2n) is 6.83. The summed E-state index contributed by atoms with van der Waals surface area (Å²) in [6.45, 7) is 9.49. The zero-order valence-corrected chi connectivity index (χ0v) is 12.4. The van der Waals surface area contributed by atoms with Gasteiger partial charge in [0.25, 0.3) is 0 Å². The second-order valence-corrected chi connectivity index (χ2v) is 6.83. The molecule has 2 atom stereocenters. The molecular formula is C15H30N2O. The normalized spacial score (nSPS) is 33.5. The number of nitrogens with zero attached hydrogens (tertiary/aromatic N) is 1. The Labute approximate surface area is 112 Å². The Hall–Kier alpha value is -0.120. The van der Waals surface area contributed by atoms with Crippen LogP contribution in [0.15, 0.2) is 0 Å². The van der Waals surface area contributed by atoms with Crippen LogP contribution in [0.4, 0.5) is 0 Å². The number of likely N-dealkylation sites (N-methyl/N-ethyl adjacent to an activating group) is 1. The van der Waals surface area contributed by atoms with Crippen molar-refractivity contribution in [3.8, 4) is 0 Å². The molecule has 2 fully saturated rings. The van der Waals surface area contributed by atoms with Gasteiger partial charge in [0.2, 0.25) is 0 Å². The molecule has 2 heterocycles. The molecule has 0 spiro atoms. The van der Waals surface area contributed by atoms with Crippen molar-refractivity contribution >= 4 is 0 Å². The highest BCUT2D eigenvalue weighted by molar-refractivity contribution is 4.81. The maximum atomic E-state index is 6.09. The summed E-state index contributed by atoms with van der Waals surface area (Å²) in [6.07, 6.45) is 7.45. The summed E-state index contributed by atoms with van der Waals surface area (Å²) >= 11 is 0. The van der Waals surface area contributed by atoms with Crippen LogP contribution < -0.4 is 5.32 Å². The van der Waals surface area contributed by atoms with E-state index in [9.17, 15) is 0 Å². The SMILES string of the molecule is CNCC1CCC(CN2CCCC(C)(C)CC2)O1. The van der Waals surface area contributed by atoms with E-state index in [1.807, 2.05) is 7.05 Å². The molecule has 106 valence electrons. The molecule has 2 rings (SSSR count). The van der Waals surface area contributed by atoms with E-state index < -0.39 is 0 Å². The lowest BCUT2D eigenvalue weighted by Gasteiger charge is -2.25. The Balaban J connectivity index is 1.73. The molecule has 0 amide bonds. The largest absolute Gasteiger partial charge is 0.372 e. The van der Waals surface area contributed by atoms with E-state index in [-0.39, 0.29) is 0 Å². The zero-order valence-electron chi connectivity index (χ0n) is 12.4. The first-order chi connectivity index (χ1) is 8.59. The second kappa shape index (κ2) is 6.36. The molecule has 2 unspecified atom stereocenters. The molecule has 0 aliphatic carbocycles. The van der Waals surface area contributed by atoms with Gasteiger partial charge in [0.1, 0.15) is 0 Å². The lowest BCUT2D eigenvalue weighted by molar-refractivity contribution is 0.0243. The van der Waals surface area contributed by atoms with Crippen LogP contribution in [-0.4, -0.2) is 50.3 Å². The number of likely N-dealkylation sites (tertiary alicyclic amines) is 1. The molecule has 0 aromatic carbocycles. The third-order valence-corrected chi connectivity index (χ3v) is 4.52. The van der Waals surface area contributed by atoms with Gasteiger partial charge in [0.05, 0.1) is 12.2 Å². The van der Waals surface area contributed by atoms with Crippen molar-refractivity contribution in [2.45, 2.75) is 58.2 Å². The van der Waals surface area contributed by atoms with Gasteiger partial charge < -0.3 is 15.0 Å². The van der Waals surface area contributed by atoms with Gasteiger partial charge in [0.15, 0.2) is 0 Å². The summed E-state index contributed by atoms with van der Waals surface area (Å²) in [6, 6.07) is 0. The van der Waals surface area contributed by atoms with Gasteiger partial charge in [-0.2, -0.15) is 0 Å². The van der Waals surface area contributed by atoms with Crippen LogP contribution in [-0.2, 0) is 4.74 Å². The standard InChI is InChI=1S/C15H30N2O/c1-15(2)7-4-9-17(10-8-15)12-14-6-5-13(18-14)11-16-3/h13-14,16H,4-12H2,1-3H3. The van der Waals surface area contributed by atoms with E-state index >= 15 is 0 Å². The zero-order chi connectivity index (χ0) is 13.0. The maximum absolute atomic E-state index is 6.09. The average molecular weight is 254 g/mol. The average Bonchev–Trinajstić information content (AvgIpc) is 2.66. The first-order valence-electron chi connectivity index (χ1n) is 7.61. The topological polar surface area (TPSA) is 24.5 Å². The van der Waals surface area contributed by atoms with E-state index in [1.165, 1.54) is 45.2 Å². The van der Waals surface area contributed by atoms with E-state index in [4.69, 9.17) is 4.74 Å². The number of rotatable bonds is 4. The highest BCUT2D eigenvalue weighted by atomic mass is 16.5. The molecule has 18 heavy (non-hydrogen) atoms.